The van der Waals surface area contributed by atoms with Crippen LogP contribution < -0.4 is 0 Å². The van der Waals surface area contributed by atoms with E-state index >= 15 is 0 Å². The van der Waals surface area contributed by atoms with Crippen LogP contribution >= 0.6 is 0 Å². The van der Waals surface area contributed by atoms with E-state index in [0.717, 1.165) is 0 Å². The number of hydrogen-bond acceptors (Lipinski definition) is 0. The van der Waals surface area contributed by atoms with Crippen molar-refractivity contribution in [2.24, 2.45) is 0 Å². The predicted molar refractivity (Wildman–Crippen MR) is 19.9 cm³/mol. The fraction of sp³-hybridized carbons (Fsp3) is 0. The van der Waals surface area contributed by atoms with E-state index in [1.165, 1.54) is 0 Å². The molecule has 0 saturated heterocycles. The van der Waals surface area contributed by atoms with Gasteiger partial charge in [-0.15, -0.1) is 0 Å². The molecule has 0 bridgehead atoms. The molecule has 0 nitrogen and oxygen atoms in total. The topological polar surface area (TPSA) is 0 Å². The molecule has 0 saturated carbocycles. The molecule has 0 aromatic rings. The summed E-state index contributed by atoms with van der Waals surface area (Å²) in [6, 6.07) is 0. The summed E-state index contributed by atoms with van der Waals surface area (Å²) < 4.78 is 0. The smallest absolute Gasteiger partial charge is 0 e. The van der Waals surface area contributed by atoms with Gasteiger partial charge in [0, 0.05) is 63.2 Å². The normalized spacial score (nSPS) is 0. The van der Waals surface area contributed by atoms with Crippen molar-refractivity contribution >= 4 is 34.7 Å². The van der Waals surface area contributed by atoms with Crippen LogP contribution in [-0.4, -0.2) is 34.7 Å². The summed E-state index contributed by atoms with van der Waals surface area (Å²) in [5.74, 6) is 0. The maximum atomic E-state index is 0. The molecule has 0 atom stereocenters. The fourth-order valence-electron chi connectivity index (χ4n) is 0. The van der Waals surface area contributed by atoms with E-state index in [2.05, 4.69) is 0 Å². The first-order valence-corrected chi connectivity index (χ1v) is 0. The summed E-state index contributed by atoms with van der Waals surface area (Å²) in [7, 11) is 0. The molecule has 0 aliphatic rings. The molecule has 0 rings (SSSR count). The average molecular weight is 297 g/mol. The van der Waals surface area contributed by atoms with Crippen LogP contribution in [0.2, 0.25) is 0 Å². The van der Waals surface area contributed by atoms with Gasteiger partial charge in [0.2, 0.25) is 0 Å². The van der Waals surface area contributed by atoms with Gasteiger partial charge in [-0.1, -0.05) is 0 Å². The third kappa shape index (κ3) is 8.94. The van der Waals surface area contributed by atoms with Crippen LogP contribution in [-0.2, 0) is 22.4 Å². The number of hydrogen-bond donors (Lipinski definition) is 0. The van der Waals surface area contributed by atoms with Gasteiger partial charge in [0.1, 0.15) is 0 Å². The van der Waals surface area contributed by atoms with E-state index in [0.29, 0.717) is 0 Å². The van der Waals surface area contributed by atoms with Gasteiger partial charge in [0.15, 0.2) is 34.7 Å². The van der Waals surface area contributed by atoms with E-state index in [4.69, 9.17) is 0 Å². The zero-order valence-electron chi connectivity index (χ0n) is 0.947. The van der Waals surface area contributed by atoms with Crippen molar-refractivity contribution < 1.29 is 63.2 Å². The van der Waals surface area contributed by atoms with Crippen LogP contribution in [0.25, 0.3) is 0 Å². The van der Waals surface area contributed by atoms with Crippen LogP contribution in [0, 0.1) is 40.8 Å². The van der Waals surface area contributed by atoms with E-state index in [9.17, 15) is 0 Å². The molecule has 0 unspecified atom stereocenters. The number of rotatable bonds is 0. The summed E-state index contributed by atoms with van der Waals surface area (Å²) in [4.78, 5) is 0. The van der Waals surface area contributed by atoms with Crippen molar-refractivity contribution in [3.63, 3.8) is 0 Å². The molecule has 4 heavy (non-hydrogen) atoms. The second kappa shape index (κ2) is 16.4. The van der Waals surface area contributed by atoms with Crippen molar-refractivity contribution in [1.82, 2.24) is 0 Å². The molecule has 1 radical (unpaired) electrons. The third-order valence-electron chi connectivity index (χ3n) is 0. The maximum absolute atomic E-state index is 0. The quantitative estimate of drug-likeness (QED) is 0.439. The van der Waals surface area contributed by atoms with Gasteiger partial charge in [0.25, 0.3) is 0 Å². The molecule has 0 aliphatic heterocycles. The van der Waals surface area contributed by atoms with Gasteiger partial charge >= 0.3 is 0 Å². The van der Waals surface area contributed by atoms with Crippen molar-refractivity contribution in [1.29, 1.82) is 0 Å². The summed E-state index contributed by atoms with van der Waals surface area (Å²) in [6.07, 6.45) is 0. The second-order valence-corrected chi connectivity index (χ2v) is 0. The van der Waals surface area contributed by atoms with Crippen LogP contribution in [0.1, 0.15) is 0 Å². The molecule has 0 fully saturated rings. The van der Waals surface area contributed by atoms with Crippen molar-refractivity contribution in [3.8, 4) is 0 Å². The monoisotopic (exact) mass is 295 g/mol. The molecular formula is H6Al2NbNd. The minimum atomic E-state index is 0. The van der Waals surface area contributed by atoms with E-state index in [1.54, 1.807) is 0 Å². The van der Waals surface area contributed by atoms with Gasteiger partial charge in [-0.3, -0.25) is 0 Å². The Morgan fingerprint density at radius 3 is 0.750 bits per heavy atom. The Hall–Kier alpha value is 3.16. The Bertz CT molecular complexity index is 6.00. The van der Waals surface area contributed by atoms with E-state index in [-0.39, 0.29) is 97.9 Å². The van der Waals surface area contributed by atoms with Gasteiger partial charge in [-0.25, -0.2) is 0 Å². The molecule has 0 heterocycles. The Balaban J connectivity index is 0. The summed E-state index contributed by atoms with van der Waals surface area (Å²) >= 11 is 0. The van der Waals surface area contributed by atoms with Crippen molar-refractivity contribution in [3.05, 3.63) is 0 Å². The molecule has 0 N–H and O–H groups in total. The first kappa shape index (κ1) is 27.2. The van der Waals surface area contributed by atoms with Gasteiger partial charge in [0.05, 0.1) is 0 Å². The first-order chi connectivity index (χ1) is 0. The summed E-state index contributed by atoms with van der Waals surface area (Å²) in [5, 5.41) is 0. The zero-order chi connectivity index (χ0) is 0. The van der Waals surface area contributed by atoms with E-state index in [1.807, 2.05) is 0 Å². The second-order valence-electron chi connectivity index (χ2n) is 0. The fourth-order valence-corrected chi connectivity index (χ4v) is 0. The third-order valence-corrected chi connectivity index (χ3v) is 0. The average Bonchev–Trinajstić information content (AvgIpc) is 0. The van der Waals surface area contributed by atoms with Crippen LogP contribution in [0.15, 0.2) is 0 Å². The molecule has 21 valence electrons. The predicted octanol–water partition coefficient (Wildman–Crippen LogP) is -2.37. The SMILES string of the molecule is [AlH3].[AlH3].[Nb].[Nd]. The molecular weight excluding hydrogens is 291 g/mol. The summed E-state index contributed by atoms with van der Waals surface area (Å²) in [5.41, 5.74) is 0. The maximum Gasteiger partial charge on any atom is 0.187 e. The standard InChI is InChI=1S/2Al.Nb.Nd.6H. The van der Waals surface area contributed by atoms with Crippen molar-refractivity contribution in [2.75, 3.05) is 0 Å². The summed E-state index contributed by atoms with van der Waals surface area (Å²) in [6.45, 7) is 0. The zero-order valence-corrected chi connectivity index (χ0v) is 6.35. The molecule has 4 heteroatoms. The molecule has 0 aromatic heterocycles. The van der Waals surface area contributed by atoms with Crippen LogP contribution in [0.3, 0.4) is 0 Å². The van der Waals surface area contributed by atoms with Crippen LogP contribution in [0.5, 0.6) is 0 Å². The first-order valence-electron chi connectivity index (χ1n) is 0. The Morgan fingerprint density at radius 2 is 0.750 bits per heavy atom. The minimum absolute atomic E-state index is 0. The minimum Gasteiger partial charge on any atom is 0 e. The van der Waals surface area contributed by atoms with Gasteiger partial charge in [-0.2, -0.15) is 0 Å². The Labute approximate surface area is 95.8 Å². The van der Waals surface area contributed by atoms with Crippen molar-refractivity contribution in [2.45, 2.75) is 0 Å². The van der Waals surface area contributed by atoms with E-state index < -0.39 is 0 Å². The molecule has 0 aromatic carbocycles. The van der Waals surface area contributed by atoms with Gasteiger partial charge in [-0.05, 0) is 0 Å². The van der Waals surface area contributed by atoms with Gasteiger partial charge < -0.3 is 0 Å². The molecule has 0 spiro atoms. The Morgan fingerprint density at radius 1 is 0.750 bits per heavy atom. The van der Waals surface area contributed by atoms with Crippen LogP contribution in [0.4, 0.5) is 0 Å². The molecule has 0 aliphatic carbocycles. The largest absolute Gasteiger partial charge is 0.187 e. The molecule has 0 amide bonds. The Kier molecular flexibility index (Phi) is 112.